The highest BCUT2D eigenvalue weighted by Crippen LogP contribution is 2.26. The van der Waals surface area contributed by atoms with Gasteiger partial charge in [-0.3, -0.25) is 0 Å². The van der Waals surface area contributed by atoms with E-state index in [0.717, 1.165) is 29.7 Å². The van der Waals surface area contributed by atoms with Gasteiger partial charge in [-0.25, -0.2) is 4.98 Å². The summed E-state index contributed by atoms with van der Waals surface area (Å²) in [5.41, 5.74) is 9.19. The molecular weight excluding hydrogens is 248 g/mol. The molecule has 0 radical (unpaired) electrons. The minimum Gasteiger partial charge on any atom is -0.438 e. The maximum Gasteiger partial charge on any atom is 0.222 e. The topological polar surface area (TPSA) is 48.1 Å². The van der Waals surface area contributed by atoms with Gasteiger partial charge >= 0.3 is 0 Å². The highest BCUT2D eigenvalue weighted by atomic mass is 16.5. The molecule has 2 aromatic rings. The summed E-state index contributed by atoms with van der Waals surface area (Å²) in [6.07, 6.45) is 3.62. The highest BCUT2D eigenvalue weighted by Gasteiger charge is 2.08. The van der Waals surface area contributed by atoms with E-state index >= 15 is 0 Å². The number of aryl methyl sites for hydroxylation is 2. The maximum absolute atomic E-state index is 5.95. The zero-order valence-corrected chi connectivity index (χ0v) is 12.4. The highest BCUT2D eigenvalue weighted by molar-refractivity contribution is 5.38. The van der Waals surface area contributed by atoms with Crippen molar-refractivity contribution in [1.29, 1.82) is 0 Å². The van der Waals surface area contributed by atoms with Crippen molar-refractivity contribution < 1.29 is 4.74 Å². The van der Waals surface area contributed by atoms with Crippen LogP contribution in [-0.2, 0) is 12.8 Å². The fourth-order valence-corrected chi connectivity index (χ4v) is 2.21. The second kappa shape index (κ2) is 6.53. The van der Waals surface area contributed by atoms with Crippen molar-refractivity contribution in [1.82, 2.24) is 4.98 Å². The van der Waals surface area contributed by atoms with Crippen molar-refractivity contribution >= 4 is 0 Å². The molecule has 2 N–H and O–H groups in total. The summed E-state index contributed by atoms with van der Waals surface area (Å²) in [7, 11) is 0. The van der Waals surface area contributed by atoms with Crippen LogP contribution in [0.15, 0.2) is 36.5 Å². The lowest BCUT2D eigenvalue weighted by Gasteiger charge is -2.12. The van der Waals surface area contributed by atoms with Crippen LogP contribution in [0.5, 0.6) is 11.6 Å². The predicted molar refractivity (Wildman–Crippen MR) is 82.2 cm³/mol. The number of rotatable bonds is 5. The largest absolute Gasteiger partial charge is 0.438 e. The fraction of sp³-hybridized carbons (Fsp3) is 0.353. The molecule has 1 atom stereocenters. The smallest absolute Gasteiger partial charge is 0.222 e. The molecule has 0 saturated carbocycles. The van der Waals surface area contributed by atoms with Gasteiger partial charge in [-0.15, -0.1) is 0 Å². The van der Waals surface area contributed by atoms with E-state index in [0.29, 0.717) is 5.88 Å². The summed E-state index contributed by atoms with van der Waals surface area (Å²) < 4.78 is 5.95. The summed E-state index contributed by atoms with van der Waals surface area (Å²) in [5, 5.41) is 0. The Kier molecular flexibility index (Phi) is 4.74. The third kappa shape index (κ3) is 3.58. The lowest BCUT2D eigenvalue weighted by molar-refractivity contribution is 0.453. The summed E-state index contributed by atoms with van der Waals surface area (Å²) in [6, 6.07) is 10.3. The first-order valence-electron chi connectivity index (χ1n) is 7.07. The van der Waals surface area contributed by atoms with Crippen LogP contribution in [0.1, 0.15) is 30.5 Å². The van der Waals surface area contributed by atoms with Crippen LogP contribution in [0, 0.1) is 6.92 Å². The molecule has 0 saturated heterocycles. The maximum atomic E-state index is 5.95. The minimum absolute atomic E-state index is 0.142. The third-order valence-electron chi connectivity index (χ3n) is 3.20. The zero-order chi connectivity index (χ0) is 14.5. The van der Waals surface area contributed by atoms with Gasteiger partial charge in [-0.05, 0) is 49.9 Å². The molecule has 3 nitrogen and oxygen atoms in total. The molecule has 1 aromatic heterocycles. The lowest BCUT2D eigenvalue weighted by Crippen LogP contribution is -2.17. The van der Waals surface area contributed by atoms with Crippen LogP contribution >= 0.6 is 0 Å². The van der Waals surface area contributed by atoms with Gasteiger partial charge in [0.05, 0.1) is 0 Å². The van der Waals surface area contributed by atoms with Crippen LogP contribution in [0.3, 0.4) is 0 Å². The Hall–Kier alpha value is -1.87. The average molecular weight is 270 g/mol. The van der Waals surface area contributed by atoms with E-state index < -0.39 is 0 Å². The average Bonchev–Trinajstić information content (AvgIpc) is 2.42. The van der Waals surface area contributed by atoms with E-state index in [2.05, 4.69) is 24.0 Å². The number of pyridine rings is 1. The van der Waals surface area contributed by atoms with Crippen molar-refractivity contribution in [3.05, 3.63) is 53.2 Å². The van der Waals surface area contributed by atoms with Crippen LogP contribution in [0.25, 0.3) is 0 Å². The Morgan fingerprint density at radius 2 is 2.05 bits per heavy atom. The minimum atomic E-state index is 0.142. The van der Waals surface area contributed by atoms with E-state index in [4.69, 9.17) is 10.5 Å². The number of para-hydroxylation sites is 1. The first-order chi connectivity index (χ1) is 9.60. The number of nitrogens with two attached hydrogens (primary N) is 1. The number of nitrogens with zero attached hydrogens (tertiary/aromatic N) is 1. The number of hydrogen-bond donors (Lipinski definition) is 1. The second-order valence-electron chi connectivity index (χ2n) is 5.21. The van der Waals surface area contributed by atoms with Crippen LogP contribution in [0.4, 0.5) is 0 Å². The normalized spacial score (nSPS) is 12.2. The number of benzene rings is 1. The lowest BCUT2D eigenvalue weighted by atomic mass is 10.1. The molecule has 0 amide bonds. The molecule has 0 fully saturated rings. The number of aromatic nitrogens is 1. The number of hydrogen-bond acceptors (Lipinski definition) is 3. The molecule has 2 rings (SSSR count). The molecule has 0 aliphatic rings. The van der Waals surface area contributed by atoms with Crippen LogP contribution in [-0.4, -0.2) is 11.0 Å². The molecule has 0 bridgehead atoms. The van der Waals surface area contributed by atoms with E-state index in [1.807, 2.05) is 38.2 Å². The molecule has 106 valence electrons. The van der Waals surface area contributed by atoms with Gasteiger partial charge < -0.3 is 10.5 Å². The predicted octanol–water partition coefficient (Wildman–Crippen LogP) is 3.63. The molecular formula is C17H22N2O. The molecule has 3 heteroatoms. The molecule has 0 aliphatic heterocycles. The van der Waals surface area contributed by atoms with Gasteiger partial charge in [0.15, 0.2) is 0 Å². The van der Waals surface area contributed by atoms with Gasteiger partial charge in [-0.2, -0.15) is 0 Å². The summed E-state index contributed by atoms with van der Waals surface area (Å²) in [5.74, 6) is 1.55. The third-order valence-corrected chi connectivity index (χ3v) is 3.20. The standard InChI is InChI=1S/C17H22N2O/c1-4-15-7-5-6-8-16(15)20-17-12(2)9-14(11-19-17)10-13(3)18/h5-9,11,13H,4,10,18H2,1-3H3. The van der Waals surface area contributed by atoms with Gasteiger partial charge in [0, 0.05) is 17.8 Å². The Labute approximate surface area is 120 Å². The summed E-state index contributed by atoms with van der Waals surface area (Å²) in [4.78, 5) is 4.42. The zero-order valence-electron chi connectivity index (χ0n) is 12.4. The quantitative estimate of drug-likeness (QED) is 0.902. The molecule has 0 spiro atoms. The molecule has 1 heterocycles. The molecule has 1 unspecified atom stereocenters. The fourth-order valence-electron chi connectivity index (χ4n) is 2.21. The van der Waals surface area contributed by atoms with Crippen molar-refractivity contribution in [2.24, 2.45) is 5.73 Å². The van der Waals surface area contributed by atoms with Crippen LogP contribution < -0.4 is 10.5 Å². The van der Waals surface area contributed by atoms with Crippen molar-refractivity contribution in [3.63, 3.8) is 0 Å². The first kappa shape index (κ1) is 14.5. The Morgan fingerprint density at radius 3 is 2.70 bits per heavy atom. The van der Waals surface area contributed by atoms with E-state index in [1.165, 1.54) is 5.56 Å². The molecule has 0 aliphatic carbocycles. The second-order valence-corrected chi connectivity index (χ2v) is 5.21. The van der Waals surface area contributed by atoms with Gasteiger partial charge in [-0.1, -0.05) is 25.1 Å². The molecule has 1 aromatic carbocycles. The van der Waals surface area contributed by atoms with Crippen LogP contribution in [0.2, 0.25) is 0 Å². The summed E-state index contributed by atoms with van der Waals surface area (Å²) >= 11 is 0. The van der Waals surface area contributed by atoms with Crippen molar-refractivity contribution in [2.45, 2.75) is 39.7 Å². The first-order valence-corrected chi connectivity index (χ1v) is 7.07. The van der Waals surface area contributed by atoms with Gasteiger partial charge in [0.1, 0.15) is 5.75 Å². The number of ether oxygens (including phenoxy) is 1. The van der Waals surface area contributed by atoms with Crippen molar-refractivity contribution in [3.8, 4) is 11.6 Å². The van der Waals surface area contributed by atoms with Crippen molar-refractivity contribution in [2.75, 3.05) is 0 Å². The van der Waals surface area contributed by atoms with E-state index in [9.17, 15) is 0 Å². The molecule has 20 heavy (non-hydrogen) atoms. The summed E-state index contributed by atoms with van der Waals surface area (Å²) in [6.45, 7) is 6.13. The Balaban J connectivity index is 2.21. The Morgan fingerprint density at radius 1 is 1.30 bits per heavy atom. The van der Waals surface area contributed by atoms with E-state index in [1.54, 1.807) is 0 Å². The van der Waals surface area contributed by atoms with Gasteiger partial charge in [0.2, 0.25) is 5.88 Å². The van der Waals surface area contributed by atoms with Gasteiger partial charge in [0.25, 0.3) is 0 Å². The monoisotopic (exact) mass is 270 g/mol. The van der Waals surface area contributed by atoms with E-state index in [-0.39, 0.29) is 6.04 Å². The Bertz CT molecular complexity index is 579. The SMILES string of the molecule is CCc1ccccc1Oc1ncc(CC(C)N)cc1C.